The number of ether oxygens (including phenoxy) is 2. The zero-order valence-electron chi connectivity index (χ0n) is 16.0. The normalized spacial score (nSPS) is 18.7. The Morgan fingerprint density at radius 2 is 2.24 bits per heavy atom. The van der Waals surface area contributed by atoms with E-state index < -0.39 is 24.5 Å². The Morgan fingerprint density at radius 1 is 1.41 bits per heavy atom. The van der Waals surface area contributed by atoms with Gasteiger partial charge < -0.3 is 19.2 Å². The third kappa shape index (κ3) is 3.97. The third-order valence-corrected chi connectivity index (χ3v) is 5.85. The monoisotopic (exact) mass is 422 g/mol. The highest BCUT2D eigenvalue weighted by Crippen LogP contribution is 2.31. The van der Waals surface area contributed by atoms with Crippen LogP contribution in [0.15, 0.2) is 28.1 Å². The van der Waals surface area contributed by atoms with E-state index in [1.54, 1.807) is 30.6 Å². The summed E-state index contributed by atoms with van der Waals surface area (Å²) in [5.41, 5.74) is 3.40. The van der Waals surface area contributed by atoms with Gasteiger partial charge >= 0.3 is 0 Å². The second-order valence-electron chi connectivity index (χ2n) is 6.97. The summed E-state index contributed by atoms with van der Waals surface area (Å²) < 4.78 is 44.4. The van der Waals surface area contributed by atoms with Gasteiger partial charge in [0.25, 0.3) is 11.8 Å². The lowest BCUT2D eigenvalue weighted by Crippen LogP contribution is -2.53. The van der Waals surface area contributed by atoms with E-state index in [0.717, 1.165) is 10.6 Å². The number of rotatable bonds is 5. The van der Waals surface area contributed by atoms with E-state index in [-0.39, 0.29) is 18.6 Å². The number of fused-ring (bicyclic) bond motifs is 1. The van der Waals surface area contributed by atoms with E-state index in [9.17, 15) is 13.6 Å². The molecule has 1 saturated heterocycles. The SMILES string of the molecule is Cc1ncsc1COc1ccc2oc(C)c(C(=O)NC3CCOCC3(F)F)c2c1. The van der Waals surface area contributed by atoms with E-state index in [2.05, 4.69) is 10.3 Å². The molecule has 29 heavy (non-hydrogen) atoms. The van der Waals surface area contributed by atoms with Crippen molar-refractivity contribution in [2.45, 2.75) is 38.8 Å². The van der Waals surface area contributed by atoms with Crippen molar-refractivity contribution >= 4 is 28.2 Å². The number of carbonyl (C=O) groups excluding carboxylic acids is 1. The number of hydrogen-bond donors (Lipinski definition) is 1. The number of thiazole rings is 1. The number of carbonyl (C=O) groups is 1. The maximum Gasteiger partial charge on any atom is 0.290 e. The van der Waals surface area contributed by atoms with Gasteiger partial charge in [-0.2, -0.15) is 0 Å². The summed E-state index contributed by atoms with van der Waals surface area (Å²) in [6.07, 6.45) is 0.0517. The van der Waals surface area contributed by atoms with E-state index in [1.165, 1.54) is 11.3 Å². The smallest absolute Gasteiger partial charge is 0.290 e. The molecule has 1 amide bonds. The summed E-state index contributed by atoms with van der Waals surface area (Å²) in [4.78, 5) is 18.0. The van der Waals surface area contributed by atoms with Crippen molar-refractivity contribution in [2.75, 3.05) is 13.2 Å². The van der Waals surface area contributed by atoms with Gasteiger partial charge in [-0.3, -0.25) is 4.79 Å². The Labute approximate surface area is 169 Å². The molecule has 0 radical (unpaired) electrons. The summed E-state index contributed by atoms with van der Waals surface area (Å²) in [5.74, 6) is -2.79. The van der Waals surface area contributed by atoms with E-state index >= 15 is 0 Å². The second kappa shape index (κ2) is 7.72. The standard InChI is InChI=1S/C20H20F2N2O4S/c1-11-16(29-10-23-11)8-27-13-3-4-15-14(7-13)18(12(2)28-15)19(25)24-17-5-6-26-9-20(17,21)22/h3-4,7,10,17H,5-6,8-9H2,1-2H3,(H,24,25). The predicted octanol–water partition coefficient (Wildman–Crippen LogP) is 4.24. The van der Waals surface area contributed by atoms with Gasteiger partial charge in [-0.05, 0) is 38.5 Å². The fourth-order valence-electron chi connectivity index (χ4n) is 3.31. The highest BCUT2D eigenvalue weighted by Gasteiger charge is 2.43. The van der Waals surface area contributed by atoms with Crippen LogP contribution in [0, 0.1) is 13.8 Å². The van der Waals surface area contributed by atoms with Crippen LogP contribution in [-0.2, 0) is 11.3 Å². The summed E-state index contributed by atoms with van der Waals surface area (Å²) in [6, 6.07) is 3.87. The molecule has 1 fully saturated rings. The number of amides is 1. The lowest BCUT2D eigenvalue weighted by atomic mass is 10.0. The van der Waals surface area contributed by atoms with Gasteiger partial charge in [0.2, 0.25) is 0 Å². The van der Waals surface area contributed by atoms with Crippen LogP contribution in [0.1, 0.15) is 33.1 Å². The third-order valence-electron chi connectivity index (χ3n) is 4.94. The van der Waals surface area contributed by atoms with Gasteiger partial charge in [0.1, 0.15) is 30.3 Å². The molecule has 0 saturated carbocycles. The van der Waals surface area contributed by atoms with Crippen LogP contribution >= 0.6 is 11.3 Å². The van der Waals surface area contributed by atoms with Crippen molar-refractivity contribution in [3.63, 3.8) is 0 Å². The maximum absolute atomic E-state index is 14.0. The van der Waals surface area contributed by atoms with Gasteiger partial charge in [0.05, 0.1) is 27.7 Å². The molecule has 1 atom stereocenters. The average Bonchev–Trinajstić information content (AvgIpc) is 3.23. The van der Waals surface area contributed by atoms with Crippen LogP contribution in [0.4, 0.5) is 8.78 Å². The first-order valence-electron chi connectivity index (χ1n) is 9.16. The molecule has 154 valence electrons. The number of alkyl halides is 2. The van der Waals surface area contributed by atoms with Crippen LogP contribution < -0.4 is 10.1 Å². The Hall–Kier alpha value is -2.52. The van der Waals surface area contributed by atoms with Crippen LogP contribution in [0.25, 0.3) is 11.0 Å². The summed E-state index contributed by atoms with van der Waals surface area (Å²) in [7, 11) is 0. The second-order valence-corrected chi connectivity index (χ2v) is 7.91. The fourth-order valence-corrected chi connectivity index (χ4v) is 4.00. The van der Waals surface area contributed by atoms with Crippen LogP contribution in [-0.4, -0.2) is 36.1 Å². The Kier molecular flexibility index (Phi) is 5.26. The van der Waals surface area contributed by atoms with Crippen LogP contribution in [0.3, 0.4) is 0 Å². The Bertz CT molecular complexity index is 1050. The molecule has 1 aliphatic rings. The number of aryl methyl sites for hydroxylation is 2. The highest BCUT2D eigenvalue weighted by molar-refractivity contribution is 7.09. The molecule has 0 spiro atoms. The van der Waals surface area contributed by atoms with Gasteiger partial charge in [-0.1, -0.05) is 0 Å². The van der Waals surface area contributed by atoms with Crippen molar-refractivity contribution in [3.8, 4) is 5.75 Å². The Balaban J connectivity index is 1.57. The zero-order chi connectivity index (χ0) is 20.6. The number of halogens is 2. The van der Waals surface area contributed by atoms with Crippen LogP contribution in [0.5, 0.6) is 5.75 Å². The molecule has 1 aromatic carbocycles. The molecule has 0 bridgehead atoms. The van der Waals surface area contributed by atoms with Gasteiger partial charge in [0, 0.05) is 12.0 Å². The number of hydrogen-bond acceptors (Lipinski definition) is 6. The van der Waals surface area contributed by atoms with E-state index in [0.29, 0.717) is 29.1 Å². The summed E-state index contributed by atoms with van der Waals surface area (Å²) in [5, 5.41) is 2.97. The number of aromatic nitrogens is 1. The van der Waals surface area contributed by atoms with Crippen LogP contribution in [0.2, 0.25) is 0 Å². The quantitative estimate of drug-likeness (QED) is 0.666. The molecule has 1 aliphatic heterocycles. The molecule has 1 N–H and O–H groups in total. The molecule has 9 heteroatoms. The van der Waals surface area contributed by atoms with Gasteiger partial charge in [0.15, 0.2) is 0 Å². The number of nitrogens with one attached hydrogen (secondary N) is 1. The zero-order valence-corrected chi connectivity index (χ0v) is 16.8. The summed E-state index contributed by atoms with van der Waals surface area (Å²) >= 11 is 1.50. The molecule has 0 aliphatic carbocycles. The fraction of sp³-hybridized carbons (Fsp3) is 0.400. The van der Waals surface area contributed by atoms with Crippen molar-refractivity contribution in [3.05, 3.63) is 45.6 Å². The molecule has 4 rings (SSSR count). The van der Waals surface area contributed by atoms with Gasteiger partial charge in [-0.15, -0.1) is 11.3 Å². The number of furan rings is 1. The molecular formula is C20H20F2N2O4S. The highest BCUT2D eigenvalue weighted by atomic mass is 32.1. The minimum atomic E-state index is -3.11. The van der Waals surface area contributed by atoms with E-state index in [4.69, 9.17) is 13.9 Å². The average molecular weight is 422 g/mol. The first-order valence-corrected chi connectivity index (χ1v) is 10.0. The van der Waals surface area contributed by atoms with E-state index in [1.807, 2.05) is 6.92 Å². The molecule has 2 aromatic heterocycles. The van der Waals surface area contributed by atoms with Crippen molar-refractivity contribution in [1.82, 2.24) is 10.3 Å². The van der Waals surface area contributed by atoms with Crippen molar-refractivity contribution in [2.24, 2.45) is 0 Å². The minimum absolute atomic E-state index is 0.0517. The maximum atomic E-state index is 14.0. The first kappa shape index (κ1) is 19.8. The van der Waals surface area contributed by atoms with Crippen molar-refractivity contribution in [1.29, 1.82) is 0 Å². The number of benzene rings is 1. The largest absolute Gasteiger partial charge is 0.488 e. The summed E-state index contributed by atoms with van der Waals surface area (Å²) in [6.45, 7) is 3.39. The molecule has 6 nitrogen and oxygen atoms in total. The molecular weight excluding hydrogens is 402 g/mol. The lowest BCUT2D eigenvalue weighted by Gasteiger charge is -2.31. The lowest BCUT2D eigenvalue weighted by molar-refractivity contribution is -0.133. The Morgan fingerprint density at radius 3 is 2.97 bits per heavy atom. The number of nitrogens with zero attached hydrogens (tertiary/aromatic N) is 1. The molecule has 3 aromatic rings. The molecule has 1 unspecified atom stereocenters. The van der Waals surface area contributed by atoms with Gasteiger partial charge in [-0.25, -0.2) is 13.8 Å². The minimum Gasteiger partial charge on any atom is -0.488 e. The topological polar surface area (TPSA) is 73.6 Å². The molecule has 3 heterocycles. The first-order chi connectivity index (χ1) is 13.8. The van der Waals surface area contributed by atoms with Crippen molar-refractivity contribution < 1.29 is 27.5 Å². The predicted molar refractivity (Wildman–Crippen MR) is 104 cm³/mol.